The third kappa shape index (κ3) is 4.51. The maximum atomic E-state index is 13.9. The van der Waals surface area contributed by atoms with Gasteiger partial charge < -0.3 is 9.64 Å². The predicted molar refractivity (Wildman–Crippen MR) is 128 cm³/mol. The minimum Gasteiger partial charge on any atom is -0.457 e. The standard InChI is InChI=1S/C28H29FN2O2/c1-21-19-28(14-13-27(32)31(28)24-9-6-8-23(29)18-24)15-16-30(21)20-22-7-5-12-26(17-22)33-25-10-3-2-4-11-25/h2-12,17-18,21H,13-16,19-20H2,1H3/t21-,28+/m1/s1. The second-order valence-corrected chi connectivity index (χ2v) is 9.27. The number of hydrogen-bond donors (Lipinski definition) is 0. The van der Waals surface area contributed by atoms with Crippen LogP contribution in [-0.2, 0) is 11.3 Å². The number of hydrogen-bond acceptors (Lipinski definition) is 3. The molecule has 0 aliphatic carbocycles. The first-order chi connectivity index (χ1) is 16.0. The van der Waals surface area contributed by atoms with Gasteiger partial charge in [-0.25, -0.2) is 4.39 Å². The summed E-state index contributed by atoms with van der Waals surface area (Å²) in [6, 6.07) is 24.8. The van der Waals surface area contributed by atoms with E-state index in [-0.39, 0.29) is 17.3 Å². The molecule has 1 spiro atoms. The number of halogens is 1. The molecule has 2 fully saturated rings. The maximum absolute atomic E-state index is 13.9. The zero-order valence-electron chi connectivity index (χ0n) is 18.9. The number of rotatable bonds is 5. The van der Waals surface area contributed by atoms with Crippen LogP contribution in [0.2, 0.25) is 0 Å². The Labute approximate surface area is 194 Å². The van der Waals surface area contributed by atoms with Gasteiger partial charge in [0.15, 0.2) is 0 Å². The first-order valence-corrected chi connectivity index (χ1v) is 11.7. The van der Waals surface area contributed by atoms with Crippen molar-refractivity contribution in [2.45, 2.75) is 50.7 Å². The van der Waals surface area contributed by atoms with Gasteiger partial charge in [-0.1, -0.05) is 36.4 Å². The lowest BCUT2D eigenvalue weighted by molar-refractivity contribution is -0.117. The molecular weight excluding hydrogens is 415 g/mol. The Bertz CT molecular complexity index is 1140. The summed E-state index contributed by atoms with van der Waals surface area (Å²) in [7, 11) is 0. The molecule has 1 amide bonds. The molecule has 2 aliphatic heterocycles. The van der Waals surface area contributed by atoms with Gasteiger partial charge in [-0.15, -0.1) is 0 Å². The molecule has 2 saturated heterocycles. The number of benzene rings is 3. The molecule has 2 heterocycles. The number of likely N-dealkylation sites (tertiary alicyclic amines) is 1. The fourth-order valence-corrected chi connectivity index (χ4v) is 5.45. The Hall–Kier alpha value is -3.18. The van der Waals surface area contributed by atoms with E-state index in [1.807, 2.05) is 53.4 Å². The highest BCUT2D eigenvalue weighted by Crippen LogP contribution is 2.44. The van der Waals surface area contributed by atoms with Crippen LogP contribution < -0.4 is 9.64 Å². The van der Waals surface area contributed by atoms with Crippen LogP contribution in [0.3, 0.4) is 0 Å². The number of piperidine rings is 1. The number of para-hydroxylation sites is 1. The third-order valence-corrected chi connectivity index (χ3v) is 7.02. The molecule has 5 rings (SSSR count). The monoisotopic (exact) mass is 444 g/mol. The molecule has 4 nitrogen and oxygen atoms in total. The molecule has 170 valence electrons. The summed E-state index contributed by atoms with van der Waals surface area (Å²) in [5.41, 5.74) is 1.67. The van der Waals surface area contributed by atoms with E-state index in [0.717, 1.165) is 43.9 Å². The topological polar surface area (TPSA) is 32.8 Å². The zero-order chi connectivity index (χ0) is 22.8. The van der Waals surface area contributed by atoms with E-state index in [1.54, 1.807) is 6.07 Å². The minimum absolute atomic E-state index is 0.104. The first-order valence-electron chi connectivity index (χ1n) is 11.7. The lowest BCUT2D eigenvalue weighted by atomic mass is 9.81. The number of anilines is 1. The maximum Gasteiger partial charge on any atom is 0.227 e. The highest BCUT2D eigenvalue weighted by atomic mass is 19.1. The van der Waals surface area contributed by atoms with E-state index in [4.69, 9.17) is 4.74 Å². The minimum atomic E-state index is -0.301. The summed E-state index contributed by atoms with van der Waals surface area (Å²) in [5.74, 6) is 1.46. The Morgan fingerprint density at radius 2 is 1.76 bits per heavy atom. The van der Waals surface area contributed by atoms with Gasteiger partial charge in [0.25, 0.3) is 0 Å². The van der Waals surface area contributed by atoms with Crippen LogP contribution >= 0.6 is 0 Å². The van der Waals surface area contributed by atoms with Crippen molar-refractivity contribution >= 4 is 11.6 Å². The second kappa shape index (κ2) is 8.99. The van der Waals surface area contributed by atoms with Gasteiger partial charge in [0.05, 0.1) is 5.54 Å². The molecule has 0 aromatic heterocycles. The lowest BCUT2D eigenvalue weighted by Gasteiger charge is -2.48. The van der Waals surface area contributed by atoms with Crippen molar-refractivity contribution in [3.05, 3.63) is 90.2 Å². The molecule has 3 aromatic carbocycles. The molecule has 33 heavy (non-hydrogen) atoms. The smallest absolute Gasteiger partial charge is 0.227 e. The molecule has 2 atom stereocenters. The first kappa shape index (κ1) is 21.7. The molecule has 0 radical (unpaired) electrons. The van der Waals surface area contributed by atoms with Crippen molar-refractivity contribution in [1.29, 1.82) is 0 Å². The van der Waals surface area contributed by atoms with E-state index in [2.05, 4.69) is 24.0 Å². The number of carbonyl (C=O) groups is 1. The highest BCUT2D eigenvalue weighted by molar-refractivity contribution is 5.97. The van der Waals surface area contributed by atoms with Crippen molar-refractivity contribution in [1.82, 2.24) is 4.90 Å². The van der Waals surface area contributed by atoms with Crippen molar-refractivity contribution < 1.29 is 13.9 Å². The molecule has 3 aromatic rings. The van der Waals surface area contributed by atoms with Crippen LogP contribution in [0.4, 0.5) is 10.1 Å². The van der Waals surface area contributed by atoms with Gasteiger partial charge in [-0.3, -0.25) is 9.69 Å². The van der Waals surface area contributed by atoms with Crippen molar-refractivity contribution in [3.8, 4) is 11.5 Å². The van der Waals surface area contributed by atoms with Crippen molar-refractivity contribution in [3.63, 3.8) is 0 Å². The number of carbonyl (C=O) groups excluding carboxylic acids is 1. The highest BCUT2D eigenvalue weighted by Gasteiger charge is 2.49. The number of nitrogens with zero attached hydrogens (tertiary/aromatic N) is 2. The van der Waals surface area contributed by atoms with E-state index in [9.17, 15) is 9.18 Å². The largest absolute Gasteiger partial charge is 0.457 e. The molecule has 0 bridgehead atoms. The second-order valence-electron chi connectivity index (χ2n) is 9.27. The van der Waals surface area contributed by atoms with Gasteiger partial charge in [0.1, 0.15) is 17.3 Å². The fourth-order valence-electron chi connectivity index (χ4n) is 5.45. The molecule has 0 saturated carbocycles. The summed E-state index contributed by atoms with van der Waals surface area (Å²) in [4.78, 5) is 17.2. The zero-order valence-corrected chi connectivity index (χ0v) is 18.9. The van der Waals surface area contributed by atoms with Gasteiger partial charge in [-0.2, -0.15) is 0 Å². The van der Waals surface area contributed by atoms with Crippen LogP contribution in [0.5, 0.6) is 11.5 Å². The molecule has 0 N–H and O–H groups in total. The summed E-state index contributed by atoms with van der Waals surface area (Å²) in [6.07, 6.45) is 3.14. The fraction of sp³-hybridized carbons (Fsp3) is 0.321. The number of amides is 1. The number of ether oxygens (including phenoxy) is 1. The van der Waals surface area contributed by atoms with Gasteiger partial charge in [0, 0.05) is 31.2 Å². The Balaban J connectivity index is 1.29. The van der Waals surface area contributed by atoms with E-state index in [1.165, 1.54) is 17.7 Å². The molecule has 2 aliphatic rings. The Kier molecular flexibility index (Phi) is 5.90. The van der Waals surface area contributed by atoms with Crippen LogP contribution in [0.15, 0.2) is 78.9 Å². The van der Waals surface area contributed by atoms with E-state index >= 15 is 0 Å². The SMILES string of the molecule is C[C@@H]1C[C@]2(CCC(=O)N2c2cccc(F)c2)CCN1Cc1cccc(Oc2ccccc2)c1. The van der Waals surface area contributed by atoms with Gasteiger partial charge >= 0.3 is 0 Å². The van der Waals surface area contributed by atoms with Crippen molar-refractivity contribution in [2.75, 3.05) is 11.4 Å². The average Bonchev–Trinajstić information content (AvgIpc) is 3.12. The summed E-state index contributed by atoms with van der Waals surface area (Å²) < 4.78 is 19.9. The normalized spacial score (nSPS) is 23.3. The predicted octanol–water partition coefficient (Wildman–Crippen LogP) is 6.17. The summed E-state index contributed by atoms with van der Waals surface area (Å²) >= 11 is 0. The summed E-state index contributed by atoms with van der Waals surface area (Å²) in [6.45, 7) is 3.96. The summed E-state index contributed by atoms with van der Waals surface area (Å²) in [5, 5.41) is 0. The van der Waals surface area contributed by atoms with Crippen LogP contribution in [0.25, 0.3) is 0 Å². The van der Waals surface area contributed by atoms with Gasteiger partial charge in [-0.05, 0) is 74.2 Å². The van der Waals surface area contributed by atoms with Crippen LogP contribution in [0, 0.1) is 5.82 Å². The molecule has 5 heteroatoms. The van der Waals surface area contributed by atoms with Crippen molar-refractivity contribution in [2.24, 2.45) is 0 Å². The molecular formula is C28H29FN2O2. The van der Waals surface area contributed by atoms with E-state index in [0.29, 0.717) is 18.2 Å². The average molecular weight is 445 g/mol. The Morgan fingerprint density at radius 3 is 2.55 bits per heavy atom. The van der Waals surface area contributed by atoms with E-state index < -0.39 is 0 Å². The molecule has 0 unspecified atom stereocenters. The van der Waals surface area contributed by atoms with Crippen LogP contribution in [-0.4, -0.2) is 28.9 Å². The van der Waals surface area contributed by atoms with Gasteiger partial charge in [0.2, 0.25) is 5.91 Å². The lowest BCUT2D eigenvalue weighted by Crippen LogP contribution is -2.56. The van der Waals surface area contributed by atoms with Crippen LogP contribution in [0.1, 0.15) is 38.2 Å². The quantitative estimate of drug-likeness (QED) is 0.472. The Morgan fingerprint density at radius 1 is 0.970 bits per heavy atom. The third-order valence-electron chi connectivity index (χ3n) is 7.02.